The summed E-state index contributed by atoms with van der Waals surface area (Å²) in [5.41, 5.74) is 4.30. The Balaban J connectivity index is 1.58. The quantitative estimate of drug-likeness (QED) is 0.673. The fourth-order valence-corrected chi connectivity index (χ4v) is 4.19. The number of benzene rings is 2. The smallest absolute Gasteiger partial charge is 0.251 e. The summed E-state index contributed by atoms with van der Waals surface area (Å²) in [6.07, 6.45) is 4.29. The van der Waals surface area contributed by atoms with Gasteiger partial charge < -0.3 is 4.90 Å². The van der Waals surface area contributed by atoms with E-state index in [1.165, 1.54) is 5.56 Å². The molecule has 5 rings (SSSR count). The molecule has 0 spiro atoms. The maximum Gasteiger partial charge on any atom is 0.251 e. The van der Waals surface area contributed by atoms with Gasteiger partial charge in [0.2, 0.25) is 5.91 Å². The van der Waals surface area contributed by atoms with E-state index in [0.717, 1.165) is 42.8 Å². The standard InChI is InChI=1S/C23H24N6O/c1-17-9-11-19(12-10-17)20-15-21(18-7-3-2-4-8-18)29-23(24-25-26-29)28(20)16-22(30)27-13-5-6-14-27/h2-4,7-12,15,21H,5-6,13-14,16H2,1H3/t21-/m0/s1. The van der Waals surface area contributed by atoms with Gasteiger partial charge >= 0.3 is 0 Å². The van der Waals surface area contributed by atoms with Gasteiger partial charge in [-0.2, -0.15) is 4.68 Å². The molecule has 1 saturated heterocycles. The zero-order valence-corrected chi connectivity index (χ0v) is 17.0. The number of likely N-dealkylation sites (tertiary alicyclic amines) is 1. The van der Waals surface area contributed by atoms with Crippen LogP contribution in [0.15, 0.2) is 60.7 Å². The summed E-state index contributed by atoms with van der Waals surface area (Å²) in [6, 6.07) is 18.4. The molecule has 3 aromatic rings. The predicted molar refractivity (Wildman–Crippen MR) is 115 cm³/mol. The summed E-state index contributed by atoms with van der Waals surface area (Å²) in [5.74, 6) is 0.702. The summed E-state index contributed by atoms with van der Waals surface area (Å²) in [7, 11) is 0. The van der Waals surface area contributed by atoms with E-state index in [1.807, 2.05) is 28.0 Å². The van der Waals surface area contributed by atoms with E-state index >= 15 is 0 Å². The lowest BCUT2D eigenvalue weighted by Crippen LogP contribution is -2.41. The molecule has 2 aromatic carbocycles. The highest BCUT2D eigenvalue weighted by Crippen LogP contribution is 2.36. The molecule has 2 aliphatic rings. The van der Waals surface area contributed by atoms with Gasteiger partial charge in [0.05, 0.1) is 5.70 Å². The number of anilines is 1. The minimum absolute atomic E-state index is 0.109. The molecule has 0 N–H and O–H groups in total. The molecule has 0 unspecified atom stereocenters. The van der Waals surface area contributed by atoms with Crippen LogP contribution in [0.25, 0.3) is 5.70 Å². The number of allylic oxidation sites excluding steroid dienone is 1. The lowest BCUT2D eigenvalue weighted by molar-refractivity contribution is -0.128. The van der Waals surface area contributed by atoms with Crippen molar-refractivity contribution in [3.8, 4) is 0 Å². The Labute approximate surface area is 175 Å². The molecule has 1 fully saturated rings. The maximum atomic E-state index is 13.0. The number of fused-ring (bicyclic) bond motifs is 1. The fourth-order valence-electron chi connectivity index (χ4n) is 4.19. The monoisotopic (exact) mass is 400 g/mol. The summed E-state index contributed by atoms with van der Waals surface area (Å²) in [4.78, 5) is 16.9. The number of tetrazole rings is 1. The maximum absolute atomic E-state index is 13.0. The van der Waals surface area contributed by atoms with E-state index in [9.17, 15) is 4.79 Å². The number of nitrogens with zero attached hydrogens (tertiary/aromatic N) is 6. The van der Waals surface area contributed by atoms with Gasteiger partial charge in [0.15, 0.2) is 0 Å². The Morgan fingerprint density at radius 1 is 1.03 bits per heavy atom. The average Bonchev–Trinajstić information content (AvgIpc) is 3.48. The first-order valence-corrected chi connectivity index (χ1v) is 10.4. The van der Waals surface area contributed by atoms with Gasteiger partial charge in [-0.3, -0.25) is 9.69 Å². The Kier molecular flexibility index (Phi) is 4.78. The van der Waals surface area contributed by atoms with Gasteiger partial charge in [0.1, 0.15) is 12.6 Å². The van der Waals surface area contributed by atoms with Gasteiger partial charge in [-0.25, -0.2) is 0 Å². The molecule has 1 amide bonds. The highest BCUT2D eigenvalue weighted by atomic mass is 16.2. The molecule has 0 bridgehead atoms. The van der Waals surface area contributed by atoms with E-state index in [1.54, 1.807) is 4.68 Å². The van der Waals surface area contributed by atoms with Crippen LogP contribution >= 0.6 is 0 Å². The molecule has 7 nitrogen and oxygen atoms in total. The Bertz CT molecular complexity index is 1070. The van der Waals surface area contributed by atoms with Crippen molar-refractivity contribution < 1.29 is 4.79 Å². The molecule has 0 radical (unpaired) electrons. The van der Waals surface area contributed by atoms with Gasteiger partial charge in [0, 0.05) is 13.1 Å². The lowest BCUT2D eigenvalue weighted by Gasteiger charge is -2.33. The number of aryl methyl sites for hydroxylation is 1. The van der Waals surface area contributed by atoms with Crippen LogP contribution in [0, 0.1) is 6.92 Å². The van der Waals surface area contributed by atoms with Gasteiger partial charge in [-0.15, -0.1) is 0 Å². The Hall–Kier alpha value is -3.48. The van der Waals surface area contributed by atoms with Crippen LogP contribution < -0.4 is 4.90 Å². The Morgan fingerprint density at radius 2 is 1.77 bits per heavy atom. The number of hydrogen-bond donors (Lipinski definition) is 0. The SMILES string of the molecule is Cc1ccc(C2=C[C@@H](c3ccccc3)n3nnnc3N2CC(=O)N2CCCC2)cc1. The van der Waals surface area contributed by atoms with E-state index in [0.29, 0.717) is 5.95 Å². The predicted octanol–water partition coefficient (Wildman–Crippen LogP) is 3.05. The second-order valence-corrected chi connectivity index (χ2v) is 7.87. The molecule has 2 aliphatic heterocycles. The van der Waals surface area contributed by atoms with Crippen LogP contribution in [0.4, 0.5) is 5.95 Å². The normalized spacial score (nSPS) is 18.3. The zero-order valence-electron chi connectivity index (χ0n) is 17.0. The van der Waals surface area contributed by atoms with Crippen molar-refractivity contribution in [1.29, 1.82) is 0 Å². The number of carbonyl (C=O) groups is 1. The van der Waals surface area contributed by atoms with E-state index < -0.39 is 0 Å². The van der Waals surface area contributed by atoms with Crippen molar-refractivity contribution in [1.82, 2.24) is 25.1 Å². The molecule has 30 heavy (non-hydrogen) atoms. The minimum Gasteiger partial charge on any atom is -0.341 e. The van der Waals surface area contributed by atoms with Crippen LogP contribution in [0.1, 0.15) is 35.6 Å². The topological polar surface area (TPSA) is 67.2 Å². The van der Waals surface area contributed by atoms with E-state index in [-0.39, 0.29) is 18.5 Å². The highest BCUT2D eigenvalue weighted by molar-refractivity contribution is 5.89. The molecular weight excluding hydrogens is 376 g/mol. The van der Waals surface area contributed by atoms with Crippen molar-refractivity contribution in [3.63, 3.8) is 0 Å². The van der Waals surface area contributed by atoms with Crippen LogP contribution in [-0.4, -0.2) is 50.6 Å². The Morgan fingerprint density at radius 3 is 2.50 bits per heavy atom. The first-order chi connectivity index (χ1) is 14.7. The summed E-state index contributed by atoms with van der Waals surface area (Å²) in [5, 5.41) is 12.5. The van der Waals surface area contributed by atoms with Crippen molar-refractivity contribution in [2.24, 2.45) is 0 Å². The largest absolute Gasteiger partial charge is 0.341 e. The lowest BCUT2D eigenvalue weighted by atomic mass is 10.00. The van der Waals surface area contributed by atoms with Crippen LogP contribution in [-0.2, 0) is 4.79 Å². The van der Waals surface area contributed by atoms with Crippen LogP contribution in [0.3, 0.4) is 0 Å². The third-order valence-electron chi connectivity index (χ3n) is 5.83. The number of amides is 1. The third kappa shape index (κ3) is 3.36. The first-order valence-electron chi connectivity index (χ1n) is 10.4. The average molecular weight is 400 g/mol. The van der Waals surface area contributed by atoms with Crippen molar-refractivity contribution in [2.75, 3.05) is 24.5 Å². The van der Waals surface area contributed by atoms with Crippen molar-refractivity contribution in [2.45, 2.75) is 25.8 Å². The highest BCUT2D eigenvalue weighted by Gasteiger charge is 2.33. The fraction of sp³-hybridized carbons (Fsp3) is 0.304. The summed E-state index contributed by atoms with van der Waals surface area (Å²) < 4.78 is 1.80. The number of rotatable bonds is 4. The number of hydrogen-bond acceptors (Lipinski definition) is 5. The van der Waals surface area contributed by atoms with E-state index in [4.69, 9.17) is 0 Å². The van der Waals surface area contributed by atoms with Gasteiger partial charge in [-0.1, -0.05) is 65.3 Å². The molecule has 7 heteroatoms. The second kappa shape index (κ2) is 7.74. The summed E-state index contributed by atoms with van der Waals surface area (Å²) in [6.45, 7) is 3.95. The third-order valence-corrected chi connectivity index (χ3v) is 5.83. The molecular formula is C23H24N6O. The zero-order chi connectivity index (χ0) is 20.5. The van der Waals surface area contributed by atoms with Crippen LogP contribution in [0.5, 0.6) is 0 Å². The van der Waals surface area contributed by atoms with E-state index in [2.05, 4.69) is 64.9 Å². The first kappa shape index (κ1) is 18.5. The van der Waals surface area contributed by atoms with Gasteiger partial charge in [0.25, 0.3) is 5.95 Å². The van der Waals surface area contributed by atoms with Crippen LogP contribution in [0.2, 0.25) is 0 Å². The van der Waals surface area contributed by atoms with Gasteiger partial charge in [-0.05, 0) is 47.4 Å². The number of carbonyl (C=O) groups excluding carboxylic acids is 1. The molecule has 152 valence electrons. The molecule has 3 heterocycles. The molecule has 0 saturated carbocycles. The minimum atomic E-state index is -0.134. The molecule has 0 aliphatic carbocycles. The molecule has 1 atom stereocenters. The number of aromatic nitrogens is 4. The molecule has 1 aromatic heterocycles. The van der Waals surface area contributed by atoms with Crippen molar-refractivity contribution in [3.05, 3.63) is 77.4 Å². The van der Waals surface area contributed by atoms with Crippen molar-refractivity contribution >= 4 is 17.6 Å². The second-order valence-electron chi connectivity index (χ2n) is 7.87. The summed E-state index contributed by atoms with van der Waals surface area (Å²) >= 11 is 0.